The van der Waals surface area contributed by atoms with Gasteiger partial charge in [-0.3, -0.25) is 4.90 Å². The van der Waals surface area contributed by atoms with Crippen molar-refractivity contribution in [2.45, 2.75) is 57.7 Å². The molecule has 2 aliphatic rings. The van der Waals surface area contributed by atoms with Crippen LogP contribution in [-0.2, 0) is 16.1 Å². The first kappa shape index (κ1) is 16.5. The van der Waals surface area contributed by atoms with Crippen molar-refractivity contribution in [3.05, 3.63) is 28.5 Å². The lowest BCUT2D eigenvalue weighted by Crippen LogP contribution is -2.53. The van der Waals surface area contributed by atoms with Gasteiger partial charge in [-0.15, -0.1) is 0 Å². The molecule has 3 rings (SSSR count). The number of carbonyl (C=O) groups is 1. The number of aromatic nitrogens is 1. The van der Waals surface area contributed by atoms with Crippen LogP contribution in [0, 0.1) is 0 Å². The molecule has 126 valence electrons. The van der Waals surface area contributed by atoms with E-state index in [0.717, 1.165) is 5.56 Å². The van der Waals surface area contributed by atoms with E-state index in [1.54, 1.807) is 37.8 Å². The van der Waals surface area contributed by atoms with Gasteiger partial charge in [0.15, 0.2) is 0 Å². The van der Waals surface area contributed by atoms with E-state index in [-0.39, 0.29) is 19.6 Å². The average Bonchev–Trinajstić information content (AvgIpc) is 2.45. The number of likely N-dealkylation sites (tertiary alicyclic amines) is 1. The van der Waals surface area contributed by atoms with E-state index in [1.165, 1.54) is 0 Å². The van der Waals surface area contributed by atoms with E-state index in [2.05, 4.69) is 4.98 Å². The van der Waals surface area contributed by atoms with Crippen LogP contribution in [0.3, 0.4) is 0 Å². The fourth-order valence-electron chi connectivity index (χ4n) is 3.05. The first-order valence-electron chi connectivity index (χ1n) is 7.67. The minimum absolute atomic E-state index is 0.194. The second-order valence-electron chi connectivity index (χ2n) is 6.87. The van der Waals surface area contributed by atoms with Crippen molar-refractivity contribution in [3.8, 4) is 0 Å². The molecule has 1 saturated heterocycles. The molecule has 0 radical (unpaired) electrons. The summed E-state index contributed by atoms with van der Waals surface area (Å²) in [6.07, 6.45) is -2.06. The predicted molar refractivity (Wildman–Crippen MR) is 83.0 cm³/mol. The number of hydrogen-bond donors (Lipinski definition) is 0. The van der Waals surface area contributed by atoms with Gasteiger partial charge in [-0.05, 0) is 33.3 Å². The number of fused-ring (bicyclic) bond motifs is 3. The van der Waals surface area contributed by atoms with Crippen molar-refractivity contribution in [2.75, 3.05) is 6.54 Å². The summed E-state index contributed by atoms with van der Waals surface area (Å²) in [5.41, 5.74) is 0.802. The van der Waals surface area contributed by atoms with Crippen LogP contribution in [0.4, 0.5) is 9.18 Å². The lowest BCUT2D eigenvalue weighted by molar-refractivity contribution is -0.107. The van der Waals surface area contributed by atoms with Crippen LogP contribution < -0.4 is 0 Å². The van der Waals surface area contributed by atoms with Gasteiger partial charge in [-0.1, -0.05) is 17.7 Å². The van der Waals surface area contributed by atoms with Crippen LogP contribution >= 0.6 is 11.6 Å². The van der Waals surface area contributed by atoms with Gasteiger partial charge in [-0.25, -0.2) is 14.2 Å². The molecule has 1 aromatic heterocycles. The standard InChI is InChI=1S/C16H20ClFN2O3/c1-16(2,3)23-15(21)20-7-6-10(18)14-13(20)9-4-5-12(17)19-11(9)8-22-14/h4-5,10,13-14H,6-8H2,1-3H3/t10-,13+,14+/m1/s1. The molecule has 0 aliphatic carbocycles. The summed E-state index contributed by atoms with van der Waals surface area (Å²) in [4.78, 5) is 18.3. The Morgan fingerprint density at radius 3 is 2.91 bits per heavy atom. The molecule has 2 aliphatic heterocycles. The summed E-state index contributed by atoms with van der Waals surface area (Å²) >= 11 is 5.92. The molecule has 0 unspecified atom stereocenters. The molecular weight excluding hydrogens is 323 g/mol. The Labute approximate surface area is 139 Å². The number of piperidine rings is 1. The second-order valence-corrected chi connectivity index (χ2v) is 7.26. The molecule has 1 amide bonds. The van der Waals surface area contributed by atoms with Crippen LogP contribution in [0.25, 0.3) is 0 Å². The normalized spacial score (nSPS) is 27.2. The van der Waals surface area contributed by atoms with Crippen molar-refractivity contribution < 1.29 is 18.7 Å². The summed E-state index contributed by atoms with van der Waals surface area (Å²) in [5, 5.41) is 0.349. The molecule has 1 aromatic rings. The predicted octanol–water partition coefficient (Wildman–Crippen LogP) is 3.65. The van der Waals surface area contributed by atoms with Gasteiger partial charge in [0.2, 0.25) is 0 Å². The molecule has 5 nitrogen and oxygen atoms in total. The number of alkyl halides is 1. The van der Waals surface area contributed by atoms with Gasteiger partial charge in [0.1, 0.15) is 23.0 Å². The Bertz CT molecular complexity index is 620. The fraction of sp³-hybridized carbons (Fsp3) is 0.625. The molecule has 23 heavy (non-hydrogen) atoms. The van der Waals surface area contributed by atoms with E-state index in [9.17, 15) is 9.18 Å². The summed E-state index contributed by atoms with van der Waals surface area (Å²) < 4.78 is 25.4. The number of rotatable bonds is 0. The first-order valence-corrected chi connectivity index (χ1v) is 8.04. The van der Waals surface area contributed by atoms with E-state index in [1.807, 2.05) is 0 Å². The minimum atomic E-state index is -1.12. The largest absolute Gasteiger partial charge is 0.444 e. The van der Waals surface area contributed by atoms with Gasteiger partial charge in [-0.2, -0.15) is 0 Å². The summed E-state index contributed by atoms with van der Waals surface area (Å²) in [5.74, 6) is 0. The molecule has 0 bridgehead atoms. The van der Waals surface area contributed by atoms with Crippen molar-refractivity contribution in [1.29, 1.82) is 0 Å². The Kier molecular flexibility index (Phi) is 4.23. The zero-order valence-electron chi connectivity index (χ0n) is 13.4. The third-order valence-corrected chi connectivity index (χ3v) is 4.19. The van der Waals surface area contributed by atoms with Crippen LogP contribution in [0.2, 0.25) is 5.15 Å². The molecule has 1 fully saturated rings. The molecule has 3 atom stereocenters. The zero-order chi connectivity index (χ0) is 16.8. The highest BCUT2D eigenvalue weighted by Gasteiger charge is 2.46. The molecule has 0 saturated carbocycles. The van der Waals surface area contributed by atoms with Crippen molar-refractivity contribution in [1.82, 2.24) is 9.88 Å². The molecular formula is C16H20ClFN2O3. The number of nitrogens with zero attached hydrogens (tertiary/aromatic N) is 2. The zero-order valence-corrected chi connectivity index (χ0v) is 14.1. The minimum Gasteiger partial charge on any atom is -0.444 e. The maximum Gasteiger partial charge on any atom is 0.410 e. The van der Waals surface area contributed by atoms with Crippen LogP contribution in [0.1, 0.15) is 44.5 Å². The number of amides is 1. The Morgan fingerprint density at radius 2 is 2.22 bits per heavy atom. The van der Waals surface area contributed by atoms with Gasteiger partial charge in [0.05, 0.1) is 18.3 Å². The quantitative estimate of drug-likeness (QED) is 0.675. The maximum absolute atomic E-state index is 14.3. The molecule has 3 heterocycles. The number of halogens is 2. The van der Waals surface area contributed by atoms with Crippen LogP contribution in [0.5, 0.6) is 0 Å². The molecule has 7 heteroatoms. The van der Waals surface area contributed by atoms with Gasteiger partial charge in [0.25, 0.3) is 0 Å². The van der Waals surface area contributed by atoms with Crippen LogP contribution in [-0.4, -0.2) is 40.4 Å². The lowest BCUT2D eigenvalue weighted by atomic mass is 9.88. The van der Waals surface area contributed by atoms with Crippen LogP contribution in [0.15, 0.2) is 12.1 Å². The highest BCUT2D eigenvalue weighted by molar-refractivity contribution is 6.29. The highest BCUT2D eigenvalue weighted by Crippen LogP contribution is 2.40. The van der Waals surface area contributed by atoms with Crippen molar-refractivity contribution in [3.63, 3.8) is 0 Å². The SMILES string of the molecule is CC(C)(C)OC(=O)N1CC[C@@H](F)[C@@H]2OCc3nc(Cl)ccc3[C@@H]21. The Morgan fingerprint density at radius 1 is 1.48 bits per heavy atom. The first-order chi connectivity index (χ1) is 10.8. The average molecular weight is 343 g/mol. The topological polar surface area (TPSA) is 51.7 Å². The van der Waals surface area contributed by atoms with Crippen molar-refractivity contribution in [2.24, 2.45) is 0 Å². The second kappa shape index (κ2) is 5.91. The van der Waals surface area contributed by atoms with Crippen molar-refractivity contribution >= 4 is 17.7 Å². The number of carbonyl (C=O) groups excluding carboxylic acids is 1. The lowest BCUT2D eigenvalue weighted by Gasteiger charge is -2.45. The highest BCUT2D eigenvalue weighted by atomic mass is 35.5. The molecule has 0 spiro atoms. The van der Waals surface area contributed by atoms with E-state index < -0.39 is 30.0 Å². The number of ether oxygens (including phenoxy) is 2. The van der Waals surface area contributed by atoms with E-state index in [0.29, 0.717) is 10.8 Å². The Balaban J connectivity index is 1.95. The Hall–Kier alpha value is -1.40. The smallest absolute Gasteiger partial charge is 0.410 e. The summed E-state index contributed by atoms with van der Waals surface area (Å²) in [7, 11) is 0. The maximum atomic E-state index is 14.3. The third-order valence-electron chi connectivity index (χ3n) is 3.98. The summed E-state index contributed by atoms with van der Waals surface area (Å²) in [6, 6.07) is 2.90. The monoisotopic (exact) mass is 342 g/mol. The van der Waals surface area contributed by atoms with Gasteiger partial charge < -0.3 is 9.47 Å². The number of hydrogen-bond acceptors (Lipinski definition) is 4. The summed E-state index contributed by atoms with van der Waals surface area (Å²) in [6.45, 7) is 5.88. The molecule has 0 N–H and O–H groups in total. The van der Waals surface area contributed by atoms with Gasteiger partial charge in [0, 0.05) is 12.1 Å². The molecule has 0 aromatic carbocycles. The fourth-order valence-corrected chi connectivity index (χ4v) is 3.22. The van der Waals surface area contributed by atoms with E-state index in [4.69, 9.17) is 21.1 Å². The number of pyridine rings is 1. The van der Waals surface area contributed by atoms with Gasteiger partial charge >= 0.3 is 6.09 Å². The third kappa shape index (κ3) is 3.28. The van der Waals surface area contributed by atoms with E-state index >= 15 is 0 Å².